The lowest BCUT2D eigenvalue weighted by Crippen LogP contribution is -2.51. The van der Waals surface area contributed by atoms with Gasteiger partial charge in [-0.25, -0.2) is 0 Å². The second-order valence-electron chi connectivity index (χ2n) is 9.11. The first-order valence-corrected chi connectivity index (χ1v) is 10.4. The molecule has 148 valence electrons. The maximum Gasteiger partial charge on any atom is 0.255 e. The van der Waals surface area contributed by atoms with Crippen LogP contribution in [0, 0.1) is 30.1 Å². The van der Waals surface area contributed by atoms with E-state index in [1.807, 2.05) is 24.3 Å². The van der Waals surface area contributed by atoms with Crippen LogP contribution in [0.2, 0.25) is 0 Å². The number of nitrogens with zero attached hydrogens (tertiary/aromatic N) is 2. The second kappa shape index (κ2) is 6.90. The molecule has 0 radical (unpaired) electrons. The number of amides is 1. The van der Waals surface area contributed by atoms with E-state index in [9.17, 15) is 4.79 Å². The molecule has 0 atom stereocenters. The number of hydrogen-bond donors (Lipinski definition) is 1. The summed E-state index contributed by atoms with van der Waals surface area (Å²) in [7, 11) is 0. The van der Waals surface area contributed by atoms with Gasteiger partial charge in [0.1, 0.15) is 5.75 Å². The summed E-state index contributed by atoms with van der Waals surface area (Å²) in [5.41, 5.74) is 0.884. The number of aromatic nitrogens is 2. The highest BCUT2D eigenvalue weighted by Gasteiger charge is 2.50. The van der Waals surface area contributed by atoms with Gasteiger partial charge in [0, 0.05) is 13.5 Å². The zero-order valence-corrected chi connectivity index (χ0v) is 16.3. The van der Waals surface area contributed by atoms with Gasteiger partial charge in [0.05, 0.1) is 5.56 Å². The topological polar surface area (TPSA) is 77.2 Å². The summed E-state index contributed by atoms with van der Waals surface area (Å²) in [5.74, 6) is 4.12. The molecule has 6 rings (SSSR count). The summed E-state index contributed by atoms with van der Waals surface area (Å²) in [6, 6.07) is 7.36. The molecule has 1 heterocycles. The van der Waals surface area contributed by atoms with Crippen LogP contribution in [0.1, 0.15) is 60.6 Å². The normalized spacial score (nSPS) is 30.4. The predicted octanol–water partition coefficient (Wildman–Crippen LogP) is 3.90. The van der Waals surface area contributed by atoms with Gasteiger partial charge in [-0.1, -0.05) is 17.3 Å². The van der Waals surface area contributed by atoms with Crippen molar-refractivity contribution in [2.45, 2.75) is 52.1 Å². The average molecular weight is 381 g/mol. The van der Waals surface area contributed by atoms with E-state index in [-0.39, 0.29) is 12.5 Å². The summed E-state index contributed by atoms with van der Waals surface area (Å²) >= 11 is 0. The van der Waals surface area contributed by atoms with Gasteiger partial charge in [-0.15, -0.1) is 0 Å². The maximum absolute atomic E-state index is 12.9. The Balaban J connectivity index is 1.24. The monoisotopic (exact) mass is 381 g/mol. The molecule has 4 aliphatic rings. The first-order chi connectivity index (χ1) is 13.6. The van der Waals surface area contributed by atoms with Crippen LogP contribution in [0.25, 0.3) is 0 Å². The number of ether oxygens (including phenoxy) is 1. The van der Waals surface area contributed by atoms with Crippen LogP contribution in [0.3, 0.4) is 0 Å². The van der Waals surface area contributed by atoms with E-state index in [0.29, 0.717) is 28.4 Å². The van der Waals surface area contributed by atoms with Crippen LogP contribution in [0.4, 0.5) is 0 Å². The predicted molar refractivity (Wildman–Crippen MR) is 103 cm³/mol. The maximum atomic E-state index is 12.9. The summed E-state index contributed by atoms with van der Waals surface area (Å²) in [5, 5.41) is 7.07. The number of aryl methyl sites for hydroxylation is 1. The Kier molecular flexibility index (Phi) is 4.37. The fourth-order valence-electron chi connectivity index (χ4n) is 6.19. The number of carbonyl (C=O) groups excluding carboxylic acids is 1. The molecule has 0 aliphatic heterocycles. The summed E-state index contributed by atoms with van der Waals surface area (Å²) in [6.45, 7) is 2.70. The highest BCUT2D eigenvalue weighted by molar-refractivity contribution is 5.96. The van der Waals surface area contributed by atoms with Crippen LogP contribution in [0.15, 0.2) is 28.8 Å². The standard InChI is InChI=1S/C22H27N3O3/c1-14-24-20(25-28-14)12-27-19-5-3-2-4-18(19)21(26)23-13-22-9-15-6-16(10-22)8-17(7-15)11-22/h2-5,15-17H,6-13H2,1H3,(H,23,26). The minimum atomic E-state index is -0.0596. The van der Waals surface area contributed by atoms with Gasteiger partial charge in [0.15, 0.2) is 6.61 Å². The van der Waals surface area contributed by atoms with E-state index >= 15 is 0 Å². The van der Waals surface area contributed by atoms with Crippen molar-refractivity contribution in [1.29, 1.82) is 0 Å². The molecule has 28 heavy (non-hydrogen) atoms. The number of hydrogen-bond acceptors (Lipinski definition) is 5. The number of nitrogens with one attached hydrogen (secondary N) is 1. The number of carbonyl (C=O) groups is 1. The van der Waals surface area contributed by atoms with Crippen molar-refractivity contribution in [2.24, 2.45) is 23.2 Å². The Hall–Kier alpha value is -2.37. The van der Waals surface area contributed by atoms with E-state index in [4.69, 9.17) is 9.26 Å². The summed E-state index contributed by atoms with van der Waals surface area (Å²) in [4.78, 5) is 17.1. The molecule has 4 aliphatic carbocycles. The summed E-state index contributed by atoms with van der Waals surface area (Å²) < 4.78 is 10.8. The quantitative estimate of drug-likeness (QED) is 0.821. The van der Waals surface area contributed by atoms with E-state index < -0.39 is 0 Å². The third-order valence-electron chi connectivity index (χ3n) is 6.85. The highest BCUT2D eigenvalue weighted by atomic mass is 16.5. The molecule has 6 heteroatoms. The van der Waals surface area contributed by atoms with Crippen molar-refractivity contribution in [3.63, 3.8) is 0 Å². The molecule has 0 spiro atoms. The molecular formula is C22H27N3O3. The molecule has 1 amide bonds. The molecule has 1 aromatic carbocycles. The molecule has 0 unspecified atom stereocenters. The lowest BCUT2D eigenvalue weighted by molar-refractivity contribution is -0.0503. The number of rotatable bonds is 6. The van der Waals surface area contributed by atoms with Gasteiger partial charge in [-0.05, 0) is 73.8 Å². The van der Waals surface area contributed by atoms with Crippen LogP contribution in [0.5, 0.6) is 5.75 Å². The van der Waals surface area contributed by atoms with Crippen molar-refractivity contribution in [3.8, 4) is 5.75 Å². The van der Waals surface area contributed by atoms with E-state index in [1.165, 1.54) is 38.5 Å². The van der Waals surface area contributed by atoms with E-state index in [1.54, 1.807) is 6.92 Å². The van der Waals surface area contributed by atoms with Gasteiger partial charge in [0.25, 0.3) is 5.91 Å². The van der Waals surface area contributed by atoms with Crippen molar-refractivity contribution in [2.75, 3.05) is 6.54 Å². The van der Waals surface area contributed by atoms with Crippen LogP contribution in [-0.2, 0) is 6.61 Å². The second-order valence-corrected chi connectivity index (χ2v) is 9.11. The molecule has 2 aromatic rings. The molecule has 4 fully saturated rings. The van der Waals surface area contributed by atoms with Crippen molar-refractivity contribution in [3.05, 3.63) is 41.5 Å². The van der Waals surface area contributed by atoms with Crippen LogP contribution < -0.4 is 10.1 Å². The molecule has 6 nitrogen and oxygen atoms in total. The fraction of sp³-hybridized carbons (Fsp3) is 0.591. The zero-order chi connectivity index (χ0) is 19.1. The minimum absolute atomic E-state index is 0.0596. The SMILES string of the molecule is Cc1nc(COc2ccccc2C(=O)NCC23CC4CC(CC(C4)C2)C3)no1. The Morgan fingerprint density at radius 2 is 1.86 bits per heavy atom. The van der Waals surface area contributed by atoms with Crippen molar-refractivity contribution in [1.82, 2.24) is 15.5 Å². The van der Waals surface area contributed by atoms with Gasteiger partial charge in [0.2, 0.25) is 11.7 Å². The van der Waals surface area contributed by atoms with Gasteiger partial charge in [-0.2, -0.15) is 4.98 Å². The van der Waals surface area contributed by atoms with Gasteiger partial charge < -0.3 is 14.6 Å². The molecule has 0 saturated heterocycles. The fourth-order valence-corrected chi connectivity index (χ4v) is 6.19. The summed E-state index contributed by atoms with van der Waals surface area (Å²) in [6.07, 6.45) is 8.11. The minimum Gasteiger partial charge on any atom is -0.485 e. The van der Waals surface area contributed by atoms with E-state index in [0.717, 1.165) is 24.3 Å². The average Bonchev–Trinajstić information content (AvgIpc) is 3.09. The Morgan fingerprint density at radius 3 is 2.50 bits per heavy atom. The third-order valence-corrected chi connectivity index (χ3v) is 6.85. The molecule has 1 N–H and O–H groups in total. The molecule has 1 aromatic heterocycles. The first kappa shape index (κ1) is 17.7. The van der Waals surface area contributed by atoms with Crippen molar-refractivity contribution < 1.29 is 14.1 Å². The Labute approximate surface area is 165 Å². The largest absolute Gasteiger partial charge is 0.485 e. The smallest absolute Gasteiger partial charge is 0.255 e. The van der Waals surface area contributed by atoms with Crippen LogP contribution in [-0.4, -0.2) is 22.6 Å². The molecule has 4 saturated carbocycles. The Bertz CT molecular complexity index is 840. The first-order valence-electron chi connectivity index (χ1n) is 10.4. The van der Waals surface area contributed by atoms with E-state index in [2.05, 4.69) is 15.5 Å². The van der Waals surface area contributed by atoms with Gasteiger partial charge >= 0.3 is 0 Å². The molecular weight excluding hydrogens is 354 g/mol. The zero-order valence-electron chi connectivity index (χ0n) is 16.3. The number of para-hydroxylation sites is 1. The lowest BCUT2D eigenvalue weighted by Gasteiger charge is -2.56. The van der Waals surface area contributed by atoms with Gasteiger partial charge in [-0.3, -0.25) is 4.79 Å². The van der Waals surface area contributed by atoms with Crippen LogP contribution >= 0.6 is 0 Å². The third kappa shape index (κ3) is 3.40. The Morgan fingerprint density at radius 1 is 1.18 bits per heavy atom. The van der Waals surface area contributed by atoms with Crippen molar-refractivity contribution >= 4 is 5.91 Å². The molecule has 4 bridgehead atoms. The lowest BCUT2D eigenvalue weighted by atomic mass is 9.49. The highest BCUT2D eigenvalue weighted by Crippen LogP contribution is 2.59. The number of benzene rings is 1.